The van der Waals surface area contributed by atoms with Crippen LogP contribution in [0.3, 0.4) is 0 Å². The molecule has 2 aliphatic rings. The van der Waals surface area contributed by atoms with E-state index in [9.17, 15) is 4.79 Å². The number of benzene rings is 1. The number of hydrogen-bond acceptors (Lipinski definition) is 3. The van der Waals surface area contributed by atoms with E-state index in [-0.39, 0.29) is 0 Å². The van der Waals surface area contributed by atoms with E-state index < -0.39 is 11.9 Å². The number of carbonyl (C=O) groups is 1. The van der Waals surface area contributed by atoms with E-state index in [0.29, 0.717) is 42.5 Å². The van der Waals surface area contributed by atoms with Gasteiger partial charge in [0.25, 0.3) is 5.79 Å². The van der Waals surface area contributed by atoms with Gasteiger partial charge in [0.15, 0.2) is 11.5 Å². The third-order valence-corrected chi connectivity index (χ3v) is 4.25. The molecule has 0 saturated carbocycles. The number of piperidine rings is 1. The number of carboxylic acid groups (broad SMARTS) is 1. The van der Waals surface area contributed by atoms with Gasteiger partial charge in [0.2, 0.25) is 0 Å². The SMILES string of the molecule is CCc1c(Cl)ccc2c1OC1(CCN(C(=O)O)CC1)O2. The Morgan fingerprint density at radius 2 is 2.10 bits per heavy atom. The number of ether oxygens (including phenoxy) is 2. The molecular formula is C14H16ClNO4. The molecule has 1 fully saturated rings. The van der Waals surface area contributed by atoms with Gasteiger partial charge < -0.3 is 19.5 Å². The molecule has 0 aromatic heterocycles. The van der Waals surface area contributed by atoms with Crippen molar-refractivity contribution in [2.24, 2.45) is 0 Å². The molecule has 1 aromatic rings. The highest BCUT2D eigenvalue weighted by Crippen LogP contribution is 2.47. The first-order valence-electron chi connectivity index (χ1n) is 6.72. The van der Waals surface area contributed by atoms with Gasteiger partial charge in [-0.2, -0.15) is 0 Å². The molecule has 1 saturated heterocycles. The predicted octanol–water partition coefficient (Wildman–Crippen LogP) is 3.14. The average molecular weight is 298 g/mol. The second kappa shape index (κ2) is 4.74. The van der Waals surface area contributed by atoms with Crippen molar-refractivity contribution in [1.82, 2.24) is 4.90 Å². The summed E-state index contributed by atoms with van der Waals surface area (Å²) in [4.78, 5) is 12.3. The van der Waals surface area contributed by atoms with E-state index in [4.69, 9.17) is 26.2 Å². The van der Waals surface area contributed by atoms with Crippen LogP contribution in [-0.2, 0) is 6.42 Å². The maximum absolute atomic E-state index is 10.9. The first-order chi connectivity index (χ1) is 9.54. The molecule has 2 aliphatic heterocycles. The highest BCUT2D eigenvalue weighted by Gasteiger charge is 2.45. The molecule has 0 radical (unpaired) electrons. The van der Waals surface area contributed by atoms with Gasteiger partial charge in [0.05, 0.1) is 0 Å². The van der Waals surface area contributed by atoms with Gasteiger partial charge in [-0.25, -0.2) is 4.79 Å². The number of halogens is 1. The summed E-state index contributed by atoms with van der Waals surface area (Å²) in [5, 5.41) is 9.66. The quantitative estimate of drug-likeness (QED) is 0.865. The van der Waals surface area contributed by atoms with Crippen LogP contribution in [0.1, 0.15) is 25.3 Å². The van der Waals surface area contributed by atoms with Gasteiger partial charge in [0, 0.05) is 36.5 Å². The molecule has 0 bridgehead atoms. The Morgan fingerprint density at radius 3 is 2.70 bits per heavy atom. The summed E-state index contributed by atoms with van der Waals surface area (Å²) in [7, 11) is 0. The zero-order valence-electron chi connectivity index (χ0n) is 11.2. The van der Waals surface area contributed by atoms with Crippen LogP contribution in [0.2, 0.25) is 5.02 Å². The van der Waals surface area contributed by atoms with Crippen LogP contribution in [0, 0.1) is 0 Å². The van der Waals surface area contributed by atoms with Crippen molar-refractivity contribution >= 4 is 17.7 Å². The predicted molar refractivity (Wildman–Crippen MR) is 73.6 cm³/mol. The third-order valence-electron chi connectivity index (χ3n) is 3.90. The maximum Gasteiger partial charge on any atom is 0.407 e. The molecule has 1 spiro atoms. The smallest absolute Gasteiger partial charge is 0.407 e. The largest absolute Gasteiger partial charge is 0.465 e. The Balaban J connectivity index is 1.83. The highest BCUT2D eigenvalue weighted by molar-refractivity contribution is 6.31. The molecular weight excluding hydrogens is 282 g/mol. The van der Waals surface area contributed by atoms with Crippen LogP contribution in [-0.4, -0.2) is 35.0 Å². The molecule has 1 N–H and O–H groups in total. The van der Waals surface area contributed by atoms with Crippen LogP contribution in [0.25, 0.3) is 0 Å². The molecule has 3 rings (SSSR count). The van der Waals surface area contributed by atoms with Crippen molar-refractivity contribution < 1.29 is 19.4 Å². The topological polar surface area (TPSA) is 59.0 Å². The number of nitrogens with zero attached hydrogens (tertiary/aromatic N) is 1. The van der Waals surface area contributed by atoms with E-state index >= 15 is 0 Å². The van der Waals surface area contributed by atoms with Gasteiger partial charge in [-0.1, -0.05) is 18.5 Å². The summed E-state index contributed by atoms with van der Waals surface area (Å²) < 4.78 is 12.0. The van der Waals surface area contributed by atoms with E-state index in [1.165, 1.54) is 4.90 Å². The van der Waals surface area contributed by atoms with Crippen molar-refractivity contribution in [3.8, 4) is 11.5 Å². The average Bonchev–Trinajstić information content (AvgIpc) is 2.77. The summed E-state index contributed by atoms with van der Waals surface area (Å²) in [5.41, 5.74) is 0.946. The zero-order chi connectivity index (χ0) is 14.3. The van der Waals surface area contributed by atoms with Crippen LogP contribution in [0.15, 0.2) is 12.1 Å². The summed E-state index contributed by atoms with van der Waals surface area (Å²) in [6.45, 7) is 2.85. The summed E-state index contributed by atoms with van der Waals surface area (Å²) in [5.74, 6) is 0.682. The minimum atomic E-state index is -0.896. The lowest BCUT2D eigenvalue weighted by atomic mass is 10.0. The van der Waals surface area contributed by atoms with Crippen molar-refractivity contribution in [2.75, 3.05) is 13.1 Å². The Kier molecular flexibility index (Phi) is 3.17. The molecule has 0 atom stereocenters. The Hall–Kier alpha value is -1.62. The lowest BCUT2D eigenvalue weighted by molar-refractivity contribution is -0.115. The minimum absolute atomic E-state index is 0.415. The second-order valence-corrected chi connectivity index (χ2v) is 5.50. The Labute approximate surface area is 122 Å². The molecule has 0 aliphatic carbocycles. The van der Waals surface area contributed by atoms with Crippen molar-refractivity contribution in [3.05, 3.63) is 22.7 Å². The number of hydrogen-bond donors (Lipinski definition) is 1. The number of rotatable bonds is 1. The monoisotopic (exact) mass is 297 g/mol. The lowest BCUT2D eigenvalue weighted by Gasteiger charge is -2.36. The molecule has 2 heterocycles. The van der Waals surface area contributed by atoms with E-state index in [0.717, 1.165) is 12.0 Å². The number of likely N-dealkylation sites (tertiary alicyclic amines) is 1. The van der Waals surface area contributed by atoms with Gasteiger partial charge in [0.1, 0.15) is 0 Å². The van der Waals surface area contributed by atoms with Gasteiger partial charge in [-0.3, -0.25) is 0 Å². The van der Waals surface area contributed by atoms with Crippen LogP contribution >= 0.6 is 11.6 Å². The summed E-state index contributed by atoms with van der Waals surface area (Å²) in [6, 6.07) is 3.63. The molecule has 20 heavy (non-hydrogen) atoms. The van der Waals surface area contributed by atoms with Crippen LogP contribution in [0.5, 0.6) is 11.5 Å². The summed E-state index contributed by atoms with van der Waals surface area (Å²) in [6.07, 6.45) is 0.916. The molecule has 5 nitrogen and oxygen atoms in total. The van der Waals surface area contributed by atoms with E-state index in [1.54, 1.807) is 0 Å². The lowest BCUT2D eigenvalue weighted by Crippen LogP contribution is -2.50. The van der Waals surface area contributed by atoms with Crippen molar-refractivity contribution in [1.29, 1.82) is 0 Å². The normalized spacial score (nSPS) is 19.4. The zero-order valence-corrected chi connectivity index (χ0v) is 11.9. The maximum atomic E-state index is 10.9. The molecule has 1 aromatic carbocycles. The summed E-state index contributed by atoms with van der Waals surface area (Å²) >= 11 is 6.18. The van der Waals surface area contributed by atoms with Gasteiger partial charge in [-0.05, 0) is 18.6 Å². The molecule has 108 valence electrons. The minimum Gasteiger partial charge on any atom is -0.465 e. The fourth-order valence-electron chi connectivity index (χ4n) is 2.75. The fourth-order valence-corrected chi connectivity index (χ4v) is 3.04. The first-order valence-corrected chi connectivity index (χ1v) is 7.10. The fraction of sp³-hybridized carbons (Fsp3) is 0.500. The van der Waals surface area contributed by atoms with Crippen molar-refractivity contribution in [2.45, 2.75) is 32.0 Å². The van der Waals surface area contributed by atoms with Gasteiger partial charge in [-0.15, -0.1) is 0 Å². The second-order valence-electron chi connectivity index (χ2n) is 5.09. The standard InChI is InChI=1S/C14H16ClNO4/c1-2-9-10(15)3-4-11-12(9)20-14(19-11)5-7-16(8-6-14)13(17)18/h3-4H,2,5-8H2,1H3,(H,17,18). The van der Waals surface area contributed by atoms with E-state index in [2.05, 4.69) is 0 Å². The Morgan fingerprint density at radius 1 is 1.40 bits per heavy atom. The molecule has 1 amide bonds. The van der Waals surface area contributed by atoms with Crippen LogP contribution in [0.4, 0.5) is 4.79 Å². The number of amides is 1. The highest BCUT2D eigenvalue weighted by atomic mass is 35.5. The third kappa shape index (κ3) is 2.06. The number of fused-ring (bicyclic) bond motifs is 1. The Bertz CT molecular complexity index is 552. The van der Waals surface area contributed by atoms with E-state index in [1.807, 2.05) is 19.1 Å². The van der Waals surface area contributed by atoms with Crippen LogP contribution < -0.4 is 9.47 Å². The van der Waals surface area contributed by atoms with Gasteiger partial charge >= 0.3 is 6.09 Å². The molecule has 0 unspecified atom stereocenters. The van der Waals surface area contributed by atoms with Crippen molar-refractivity contribution in [3.63, 3.8) is 0 Å². The molecule has 6 heteroatoms. The first kappa shape index (κ1) is 13.4.